The number of rotatable bonds is 4. The lowest BCUT2D eigenvalue weighted by molar-refractivity contribution is -0.129. The first kappa shape index (κ1) is 17.8. The van der Waals surface area contributed by atoms with Crippen LogP contribution in [0.5, 0.6) is 0 Å². The highest BCUT2D eigenvalue weighted by molar-refractivity contribution is 5.94. The smallest absolute Gasteiger partial charge is 0.251 e. The topological polar surface area (TPSA) is 49.4 Å². The molecule has 2 aromatic carbocycles. The van der Waals surface area contributed by atoms with Gasteiger partial charge in [0.2, 0.25) is 5.91 Å². The van der Waals surface area contributed by atoms with E-state index in [1.165, 1.54) is 0 Å². The van der Waals surface area contributed by atoms with Crippen LogP contribution in [0.25, 0.3) is 0 Å². The summed E-state index contributed by atoms with van der Waals surface area (Å²) in [7, 11) is 0. The Bertz CT molecular complexity index is 811. The zero-order valence-corrected chi connectivity index (χ0v) is 14.7. The van der Waals surface area contributed by atoms with E-state index in [1.54, 1.807) is 12.1 Å². The van der Waals surface area contributed by atoms with Crippen molar-refractivity contribution in [3.63, 3.8) is 0 Å². The molecule has 0 spiro atoms. The third-order valence-electron chi connectivity index (χ3n) is 4.36. The molecule has 0 saturated carbocycles. The van der Waals surface area contributed by atoms with E-state index in [1.807, 2.05) is 47.4 Å². The molecule has 0 aliphatic carbocycles. The second kappa shape index (κ2) is 8.87. The molecule has 2 amide bonds. The van der Waals surface area contributed by atoms with Gasteiger partial charge in [-0.15, -0.1) is 0 Å². The van der Waals surface area contributed by atoms with Gasteiger partial charge in [-0.05, 0) is 49.2 Å². The number of amides is 2. The molecule has 1 saturated heterocycles. The van der Waals surface area contributed by atoms with Gasteiger partial charge in [-0.3, -0.25) is 9.59 Å². The quantitative estimate of drug-likeness (QED) is 0.866. The largest absolute Gasteiger partial charge is 0.352 e. The molecule has 1 N–H and O–H groups in total. The summed E-state index contributed by atoms with van der Waals surface area (Å²) in [5.74, 6) is 6.13. The van der Waals surface area contributed by atoms with E-state index in [9.17, 15) is 9.59 Å². The highest BCUT2D eigenvalue weighted by Gasteiger charge is 2.17. The van der Waals surface area contributed by atoms with Crippen LogP contribution in [0.3, 0.4) is 0 Å². The average molecular weight is 346 g/mol. The average Bonchev–Trinajstić information content (AvgIpc) is 3.22. The van der Waals surface area contributed by atoms with E-state index in [4.69, 9.17) is 0 Å². The first-order chi connectivity index (χ1) is 12.7. The molecule has 1 heterocycles. The number of benzene rings is 2. The molecule has 0 aromatic heterocycles. The van der Waals surface area contributed by atoms with Crippen molar-refractivity contribution >= 4 is 11.8 Å². The zero-order chi connectivity index (χ0) is 18.2. The Kier molecular flexibility index (Phi) is 6.05. The van der Waals surface area contributed by atoms with Gasteiger partial charge in [0.05, 0.1) is 0 Å². The number of nitrogens with zero attached hydrogens (tertiary/aromatic N) is 1. The van der Waals surface area contributed by atoms with Gasteiger partial charge in [0.25, 0.3) is 5.91 Å². The Morgan fingerprint density at radius 1 is 0.885 bits per heavy atom. The van der Waals surface area contributed by atoms with Gasteiger partial charge < -0.3 is 10.2 Å². The molecule has 0 radical (unpaired) electrons. The van der Waals surface area contributed by atoms with Crippen molar-refractivity contribution in [3.05, 3.63) is 71.3 Å². The van der Waals surface area contributed by atoms with Crippen LogP contribution in [-0.2, 0) is 4.79 Å². The number of carbonyl (C=O) groups excluding carboxylic acids is 2. The summed E-state index contributed by atoms with van der Waals surface area (Å²) in [6, 6.07) is 16.9. The highest BCUT2D eigenvalue weighted by atomic mass is 16.2. The number of nitrogens with one attached hydrogen (secondary N) is 1. The van der Waals surface area contributed by atoms with E-state index < -0.39 is 0 Å². The molecular formula is C22H22N2O2. The monoisotopic (exact) mass is 346 g/mol. The lowest BCUT2D eigenvalue weighted by Gasteiger charge is -2.15. The van der Waals surface area contributed by atoms with Crippen molar-refractivity contribution in [1.29, 1.82) is 0 Å². The van der Waals surface area contributed by atoms with Crippen molar-refractivity contribution in [2.24, 2.45) is 0 Å². The van der Waals surface area contributed by atoms with Crippen molar-refractivity contribution in [2.75, 3.05) is 19.6 Å². The third-order valence-corrected chi connectivity index (χ3v) is 4.36. The van der Waals surface area contributed by atoms with E-state index in [-0.39, 0.29) is 11.8 Å². The fraction of sp³-hybridized carbons (Fsp3) is 0.273. The Morgan fingerprint density at radius 3 is 2.15 bits per heavy atom. The van der Waals surface area contributed by atoms with Gasteiger partial charge in [-0.1, -0.05) is 30.0 Å². The molecule has 26 heavy (non-hydrogen) atoms. The maximum Gasteiger partial charge on any atom is 0.251 e. The van der Waals surface area contributed by atoms with E-state index in [0.29, 0.717) is 18.5 Å². The summed E-state index contributed by atoms with van der Waals surface area (Å²) < 4.78 is 0. The van der Waals surface area contributed by atoms with Crippen LogP contribution in [0, 0.1) is 11.8 Å². The lowest BCUT2D eigenvalue weighted by atomic mass is 10.1. The molecule has 2 aromatic rings. The van der Waals surface area contributed by atoms with Crippen LogP contribution in [0.4, 0.5) is 0 Å². The maximum absolute atomic E-state index is 12.2. The Balaban J connectivity index is 1.49. The van der Waals surface area contributed by atoms with Crippen LogP contribution < -0.4 is 5.32 Å². The molecule has 4 heteroatoms. The predicted molar refractivity (Wildman–Crippen MR) is 102 cm³/mol. The summed E-state index contributed by atoms with van der Waals surface area (Å²) in [4.78, 5) is 26.0. The molecular weight excluding hydrogens is 324 g/mol. The van der Waals surface area contributed by atoms with Crippen LogP contribution in [0.2, 0.25) is 0 Å². The number of likely N-dealkylation sites (tertiary alicyclic amines) is 1. The third kappa shape index (κ3) is 4.97. The van der Waals surface area contributed by atoms with E-state index >= 15 is 0 Å². The van der Waals surface area contributed by atoms with Crippen molar-refractivity contribution in [2.45, 2.75) is 19.3 Å². The highest BCUT2D eigenvalue weighted by Crippen LogP contribution is 2.09. The van der Waals surface area contributed by atoms with E-state index in [0.717, 1.165) is 37.1 Å². The molecule has 0 atom stereocenters. The SMILES string of the molecule is O=C(NCCC(=O)N1CCCC1)c1ccc(C#Cc2ccccc2)cc1. The van der Waals surface area contributed by atoms with E-state index in [2.05, 4.69) is 17.2 Å². The van der Waals surface area contributed by atoms with Crippen LogP contribution in [0.15, 0.2) is 54.6 Å². The van der Waals surface area contributed by atoms with Crippen molar-refractivity contribution < 1.29 is 9.59 Å². The minimum atomic E-state index is -0.165. The van der Waals surface area contributed by atoms with Gasteiger partial charge in [-0.25, -0.2) is 0 Å². The Hall–Kier alpha value is -3.06. The maximum atomic E-state index is 12.2. The summed E-state index contributed by atoms with van der Waals surface area (Å²) >= 11 is 0. The number of hydrogen-bond donors (Lipinski definition) is 1. The van der Waals surface area contributed by atoms with Crippen LogP contribution in [-0.4, -0.2) is 36.3 Å². The van der Waals surface area contributed by atoms with Gasteiger partial charge in [0.1, 0.15) is 0 Å². The molecule has 0 bridgehead atoms. The fourth-order valence-electron chi connectivity index (χ4n) is 2.88. The molecule has 3 rings (SSSR count). The second-order valence-electron chi connectivity index (χ2n) is 6.29. The minimum absolute atomic E-state index is 0.120. The van der Waals surface area contributed by atoms with Gasteiger partial charge in [-0.2, -0.15) is 0 Å². The molecule has 132 valence electrons. The summed E-state index contributed by atoms with van der Waals surface area (Å²) in [6.45, 7) is 2.06. The van der Waals surface area contributed by atoms with Gasteiger partial charge in [0.15, 0.2) is 0 Å². The number of hydrogen-bond acceptors (Lipinski definition) is 2. The van der Waals surface area contributed by atoms with Crippen LogP contribution >= 0.6 is 0 Å². The lowest BCUT2D eigenvalue weighted by Crippen LogP contribution is -2.32. The molecule has 4 nitrogen and oxygen atoms in total. The minimum Gasteiger partial charge on any atom is -0.352 e. The van der Waals surface area contributed by atoms with Crippen molar-refractivity contribution in [1.82, 2.24) is 10.2 Å². The normalized spacial score (nSPS) is 13.0. The Labute approximate surface area is 154 Å². The second-order valence-corrected chi connectivity index (χ2v) is 6.29. The zero-order valence-electron chi connectivity index (χ0n) is 14.7. The predicted octanol–water partition coefficient (Wildman–Crippen LogP) is 2.83. The van der Waals surface area contributed by atoms with Crippen molar-refractivity contribution in [3.8, 4) is 11.8 Å². The first-order valence-electron chi connectivity index (χ1n) is 8.95. The van der Waals surface area contributed by atoms with Crippen LogP contribution in [0.1, 0.15) is 40.7 Å². The summed E-state index contributed by atoms with van der Waals surface area (Å²) in [5.41, 5.74) is 2.38. The standard InChI is InChI=1S/C22H22N2O2/c25-21(24-16-4-5-17-24)14-15-23-22(26)20-12-10-19(11-13-20)9-8-18-6-2-1-3-7-18/h1-3,6-7,10-13H,4-5,14-17H2,(H,23,26). The molecule has 1 aliphatic heterocycles. The molecule has 1 fully saturated rings. The number of carbonyl (C=O) groups is 2. The molecule has 1 aliphatic rings. The fourth-order valence-corrected chi connectivity index (χ4v) is 2.88. The first-order valence-corrected chi connectivity index (χ1v) is 8.95. The van der Waals surface area contributed by atoms with Gasteiger partial charge >= 0.3 is 0 Å². The molecule has 0 unspecified atom stereocenters. The Morgan fingerprint density at radius 2 is 1.50 bits per heavy atom. The summed E-state index contributed by atoms with van der Waals surface area (Å²) in [5, 5.41) is 2.81. The van der Waals surface area contributed by atoms with Gasteiger partial charge in [0, 0.05) is 42.7 Å². The summed E-state index contributed by atoms with van der Waals surface area (Å²) in [6.07, 6.45) is 2.52.